The predicted octanol–water partition coefficient (Wildman–Crippen LogP) is 6.00. The third-order valence-corrected chi connectivity index (χ3v) is 5.36. The van der Waals surface area contributed by atoms with Gasteiger partial charge in [0.15, 0.2) is 0 Å². The molecule has 1 atom stereocenters. The van der Waals surface area contributed by atoms with Crippen molar-refractivity contribution in [3.8, 4) is 0 Å². The Bertz CT molecular complexity index is 526. The number of aryl methyl sites for hydroxylation is 2. The SMILES string of the molecule is Cc1cc(C(Cl)c2cccc(C)c2Cl)sc1Cl. The molecule has 90 valence electrons. The molecule has 17 heavy (non-hydrogen) atoms. The van der Waals surface area contributed by atoms with Crippen LogP contribution in [0.2, 0.25) is 9.36 Å². The van der Waals surface area contributed by atoms with Gasteiger partial charge in [-0.2, -0.15) is 0 Å². The zero-order chi connectivity index (χ0) is 12.6. The summed E-state index contributed by atoms with van der Waals surface area (Å²) >= 11 is 20.3. The molecule has 0 amide bonds. The highest BCUT2D eigenvalue weighted by molar-refractivity contribution is 7.16. The van der Waals surface area contributed by atoms with Crippen LogP contribution >= 0.6 is 46.1 Å². The summed E-state index contributed by atoms with van der Waals surface area (Å²) in [4.78, 5) is 1.03. The maximum absolute atomic E-state index is 6.46. The van der Waals surface area contributed by atoms with E-state index in [0.717, 1.165) is 30.9 Å². The Morgan fingerprint density at radius 3 is 2.41 bits per heavy atom. The molecule has 2 aromatic rings. The Morgan fingerprint density at radius 1 is 1.12 bits per heavy atom. The van der Waals surface area contributed by atoms with E-state index in [-0.39, 0.29) is 5.38 Å². The minimum atomic E-state index is -0.237. The summed E-state index contributed by atoms with van der Waals surface area (Å²) in [6.45, 7) is 3.95. The quantitative estimate of drug-likeness (QED) is 0.597. The van der Waals surface area contributed by atoms with Crippen molar-refractivity contribution in [1.29, 1.82) is 0 Å². The van der Waals surface area contributed by atoms with Gasteiger partial charge in [0.1, 0.15) is 0 Å². The number of benzene rings is 1. The number of hydrogen-bond acceptors (Lipinski definition) is 1. The van der Waals surface area contributed by atoms with Crippen LogP contribution in [0.25, 0.3) is 0 Å². The van der Waals surface area contributed by atoms with E-state index in [1.165, 1.54) is 11.3 Å². The lowest BCUT2D eigenvalue weighted by atomic mass is 10.1. The van der Waals surface area contributed by atoms with Gasteiger partial charge in [-0.05, 0) is 36.6 Å². The maximum Gasteiger partial charge on any atom is 0.0960 e. The average Bonchev–Trinajstić information content (AvgIpc) is 2.62. The summed E-state index contributed by atoms with van der Waals surface area (Å²) in [5.41, 5.74) is 3.03. The number of thiophene rings is 1. The van der Waals surface area contributed by atoms with Crippen molar-refractivity contribution in [3.63, 3.8) is 0 Å². The molecule has 0 nitrogen and oxygen atoms in total. The van der Waals surface area contributed by atoms with Crippen LogP contribution in [0.3, 0.4) is 0 Å². The molecule has 2 rings (SSSR count). The molecule has 4 heteroatoms. The molecule has 1 unspecified atom stereocenters. The van der Waals surface area contributed by atoms with Crippen molar-refractivity contribution in [3.05, 3.63) is 55.2 Å². The summed E-state index contributed by atoms with van der Waals surface area (Å²) in [6.07, 6.45) is 0. The molecule has 0 radical (unpaired) electrons. The molecule has 1 aromatic carbocycles. The molecule has 1 aromatic heterocycles. The third kappa shape index (κ3) is 2.63. The highest BCUT2D eigenvalue weighted by Gasteiger charge is 2.18. The number of rotatable bonds is 2. The first-order valence-corrected chi connectivity index (χ1v) is 7.16. The van der Waals surface area contributed by atoms with Crippen LogP contribution in [0.15, 0.2) is 24.3 Å². The smallest absolute Gasteiger partial charge is 0.0960 e. The van der Waals surface area contributed by atoms with Crippen molar-refractivity contribution in [1.82, 2.24) is 0 Å². The Hall–Kier alpha value is -0.210. The molecular formula is C13H11Cl3S. The zero-order valence-corrected chi connectivity index (χ0v) is 12.5. The highest BCUT2D eigenvalue weighted by Crippen LogP contribution is 2.40. The van der Waals surface area contributed by atoms with Gasteiger partial charge in [-0.1, -0.05) is 41.4 Å². The third-order valence-electron chi connectivity index (χ3n) is 2.62. The van der Waals surface area contributed by atoms with Gasteiger partial charge in [0.25, 0.3) is 0 Å². The van der Waals surface area contributed by atoms with E-state index in [9.17, 15) is 0 Å². The number of alkyl halides is 1. The van der Waals surface area contributed by atoms with Crippen LogP contribution in [0.5, 0.6) is 0 Å². The van der Waals surface area contributed by atoms with Gasteiger partial charge in [-0.15, -0.1) is 22.9 Å². The van der Waals surface area contributed by atoms with Gasteiger partial charge in [0, 0.05) is 9.90 Å². The normalized spacial score (nSPS) is 12.8. The van der Waals surface area contributed by atoms with Crippen LogP contribution < -0.4 is 0 Å². The van der Waals surface area contributed by atoms with Gasteiger partial charge in [-0.25, -0.2) is 0 Å². The summed E-state index contributed by atoms with van der Waals surface area (Å²) < 4.78 is 0.787. The monoisotopic (exact) mass is 304 g/mol. The minimum Gasteiger partial charge on any atom is -0.126 e. The molecule has 0 saturated carbocycles. The molecule has 0 spiro atoms. The standard InChI is InChI=1S/C13H11Cl3S/c1-7-4-3-5-9(11(7)14)12(15)10-6-8(2)13(16)17-10/h3-6,12H,1-2H3. The van der Waals surface area contributed by atoms with Gasteiger partial charge in [-0.3, -0.25) is 0 Å². The molecule has 0 aliphatic rings. The van der Waals surface area contributed by atoms with Gasteiger partial charge in [0.2, 0.25) is 0 Å². The molecule has 0 aliphatic carbocycles. The Labute approximate surface area is 120 Å². The van der Waals surface area contributed by atoms with Crippen LogP contribution in [-0.4, -0.2) is 0 Å². The van der Waals surface area contributed by atoms with E-state index < -0.39 is 0 Å². The van der Waals surface area contributed by atoms with Crippen LogP contribution in [0, 0.1) is 13.8 Å². The van der Waals surface area contributed by atoms with E-state index in [0.29, 0.717) is 0 Å². The fourth-order valence-corrected chi connectivity index (χ4v) is 3.51. The molecule has 0 N–H and O–H groups in total. The Morgan fingerprint density at radius 2 is 1.82 bits per heavy atom. The Balaban J connectivity index is 2.43. The summed E-state index contributed by atoms with van der Waals surface area (Å²) in [5, 5.41) is 0.494. The molecular weight excluding hydrogens is 295 g/mol. The second-order valence-electron chi connectivity index (χ2n) is 3.95. The lowest BCUT2D eigenvalue weighted by Crippen LogP contribution is -1.93. The predicted molar refractivity (Wildman–Crippen MR) is 78.0 cm³/mol. The minimum absolute atomic E-state index is 0.237. The van der Waals surface area contributed by atoms with E-state index in [1.807, 2.05) is 38.1 Å². The van der Waals surface area contributed by atoms with Crippen molar-refractivity contribution >= 4 is 46.1 Å². The van der Waals surface area contributed by atoms with Crippen LogP contribution in [0.4, 0.5) is 0 Å². The summed E-state index contributed by atoms with van der Waals surface area (Å²) in [5.74, 6) is 0. The maximum atomic E-state index is 6.46. The van der Waals surface area contributed by atoms with E-state index in [1.54, 1.807) is 0 Å². The number of halogens is 3. The summed E-state index contributed by atoms with van der Waals surface area (Å²) in [7, 11) is 0. The molecule has 0 saturated heterocycles. The second kappa shape index (κ2) is 5.19. The lowest BCUT2D eigenvalue weighted by Gasteiger charge is -2.11. The lowest BCUT2D eigenvalue weighted by molar-refractivity contribution is 1.17. The van der Waals surface area contributed by atoms with Crippen molar-refractivity contribution < 1.29 is 0 Å². The summed E-state index contributed by atoms with van der Waals surface area (Å²) in [6, 6.07) is 7.91. The van der Waals surface area contributed by atoms with E-state index in [4.69, 9.17) is 34.8 Å². The van der Waals surface area contributed by atoms with Gasteiger partial charge >= 0.3 is 0 Å². The van der Waals surface area contributed by atoms with Crippen LogP contribution in [-0.2, 0) is 0 Å². The van der Waals surface area contributed by atoms with Crippen LogP contribution in [0.1, 0.15) is 26.9 Å². The fourth-order valence-electron chi connectivity index (χ4n) is 1.63. The molecule has 0 fully saturated rings. The second-order valence-corrected chi connectivity index (χ2v) is 6.45. The first kappa shape index (κ1) is 13.2. The first-order chi connectivity index (χ1) is 8.00. The van der Waals surface area contributed by atoms with Crippen molar-refractivity contribution in [2.24, 2.45) is 0 Å². The molecule has 0 bridgehead atoms. The Kier molecular flexibility index (Phi) is 4.04. The topological polar surface area (TPSA) is 0 Å². The van der Waals surface area contributed by atoms with E-state index >= 15 is 0 Å². The highest BCUT2D eigenvalue weighted by atomic mass is 35.5. The number of hydrogen-bond donors (Lipinski definition) is 0. The van der Waals surface area contributed by atoms with Crippen molar-refractivity contribution in [2.75, 3.05) is 0 Å². The molecule has 0 aliphatic heterocycles. The van der Waals surface area contributed by atoms with Crippen molar-refractivity contribution in [2.45, 2.75) is 19.2 Å². The van der Waals surface area contributed by atoms with Gasteiger partial charge in [0.05, 0.1) is 9.71 Å². The van der Waals surface area contributed by atoms with E-state index in [2.05, 4.69) is 0 Å². The largest absolute Gasteiger partial charge is 0.126 e. The van der Waals surface area contributed by atoms with Gasteiger partial charge < -0.3 is 0 Å². The molecule has 1 heterocycles. The first-order valence-electron chi connectivity index (χ1n) is 5.15. The zero-order valence-electron chi connectivity index (χ0n) is 9.43. The average molecular weight is 306 g/mol. The fraction of sp³-hybridized carbons (Fsp3) is 0.231.